The van der Waals surface area contributed by atoms with Crippen LogP contribution < -0.4 is 0 Å². The van der Waals surface area contributed by atoms with Gasteiger partial charge < -0.3 is 13.9 Å². The summed E-state index contributed by atoms with van der Waals surface area (Å²) in [5.74, 6) is -0.369. The van der Waals surface area contributed by atoms with Crippen LogP contribution in [0.5, 0.6) is 0 Å². The number of halogens is 2. The van der Waals surface area contributed by atoms with Gasteiger partial charge in [0.2, 0.25) is 0 Å². The summed E-state index contributed by atoms with van der Waals surface area (Å²) in [7, 11) is -2.21. The van der Waals surface area contributed by atoms with E-state index in [2.05, 4.69) is 56.5 Å². The molecule has 0 unspecified atom stereocenters. The van der Waals surface area contributed by atoms with E-state index in [1.807, 2.05) is 30.3 Å². The highest BCUT2D eigenvalue weighted by Gasteiger charge is 2.40. The first-order valence-electron chi connectivity index (χ1n) is 9.76. The lowest BCUT2D eigenvalue weighted by atomic mass is 9.98. The van der Waals surface area contributed by atoms with Crippen molar-refractivity contribution in [1.29, 1.82) is 0 Å². The SMILES string of the molecule is CC(C)(C)[Si](C)(C)O[C@@H](C[C@@H](O)c1ccccc1I)c1cc2ccoc2cc1F. The molecule has 6 heteroatoms. The average Bonchev–Trinajstić information content (AvgIpc) is 3.06. The highest BCUT2D eigenvalue weighted by atomic mass is 127. The molecule has 0 amide bonds. The predicted molar refractivity (Wildman–Crippen MR) is 126 cm³/mol. The highest BCUT2D eigenvalue weighted by molar-refractivity contribution is 14.1. The van der Waals surface area contributed by atoms with Crippen molar-refractivity contribution in [3.8, 4) is 0 Å². The molecule has 0 saturated carbocycles. The Morgan fingerprint density at radius 1 is 1.14 bits per heavy atom. The van der Waals surface area contributed by atoms with Crippen molar-refractivity contribution in [1.82, 2.24) is 0 Å². The normalized spacial score (nSPS) is 14.9. The summed E-state index contributed by atoms with van der Waals surface area (Å²) < 4.78 is 28.0. The number of furan rings is 1. The van der Waals surface area contributed by atoms with Crippen LogP contribution in [-0.4, -0.2) is 13.4 Å². The molecular formula is C23H28FIO3Si. The minimum absolute atomic E-state index is 0.0341. The third kappa shape index (κ3) is 4.92. The zero-order valence-corrected chi connectivity index (χ0v) is 20.7. The van der Waals surface area contributed by atoms with Crippen LogP contribution in [0.25, 0.3) is 11.0 Å². The fourth-order valence-corrected chi connectivity index (χ4v) is 5.13. The lowest BCUT2D eigenvalue weighted by molar-refractivity contribution is 0.0838. The van der Waals surface area contributed by atoms with Gasteiger partial charge in [-0.15, -0.1) is 0 Å². The molecule has 0 radical (unpaired) electrons. The van der Waals surface area contributed by atoms with Gasteiger partial charge >= 0.3 is 0 Å². The van der Waals surface area contributed by atoms with Gasteiger partial charge in [-0.3, -0.25) is 0 Å². The maximum atomic E-state index is 15.0. The van der Waals surface area contributed by atoms with Gasteiger partial charge in [0.25, 0.3) is 0 Å². The molecule has 29 heavy (non-hydrogen) atoms. The fourth-order valence-electron chi connectivity index (χ4n) is 3.10. The van der Waals surface area contributed by atoms with E-state index >= 15 is 4.39 Å². The minimum Gasteiger partial charge on any atom is -0.464 e. The predicted octanol–water partition coefficient (Wildman–Crippen LogP) is 7.36. The van der Waals surface area contributed by atoms with E-state index in [0.29, 0.717) is 11.1 Å². The number of hydrogen-bond acceptors (Lipinski definition) is 3. The maximum Gasteiger partial charge on any atom is 0.192 e. The molecule has 0 spiro atoms. The zero-order chi connectivity index (χ0) is 21.4. The molecule has 1 N–H and O–H groups in total. The van der Waals surface area contributed by atoms with Crippen LogP contribution >= 0.6 is 22.6 Å². The Morgan fingerprint density at radius 3 is 2.48 bits per heavy atom. The zero-order valence-electron chi connectivity index (χ0n) is 17.5. The van der Waals surface area contributed by atoms with Crippen molar-refractivity contribution >= 4 is 41.9 Å². The molecule has 0 aliphatic rings. The van der Waals surface area contributed by atoms with Crippen LogP contribution in [0.3, 0.4) is 0 Å². The number of aliphatic hydroxyl groups is 1. The molecule has 3 rings (SSSR count). The van der Waals surface area contributed by atoms with E-state index < -0.39 is 20.5 Å². The Bertz CT molecular complexity index is 993. The van der Waals surface area contributed by atoms with Crippen LogP contribution in [0.4, 0.5) is 4.39 Å². The molecule has 0 aliphatic carbocycles. The first kappa shape index (κ1) is 22.5. The van der Waals surface area contributed by atoms with Crippen molar-refractivity contribution in [2.24, 2.45) is 0 Å². The third-order valence-corrected chi connectivity index (χ3v) is 11.3. The summed E-state index contributed by atoms with van der Waals surface area (Å²) in [6.07, 6.45) is 0.532. The van der Waals surface area contributed by atoms with Gasteiger partial charge in [-0.2, -0.15) is 0 Å². The summed E-state index contributed by atoms with van der Waals surface area (Å²) in [6, 6.07) is 12.7. The van der Waals surface area contributed by atoms with Crippen LogP contribution in [0, 0.1) is 9.39 Å². The molecule has 2 aromatic carbocycles. The van der Waals surface area contributed by atoms with E-state index in [0.717, 1.165) is 14.5 Å². The lowest BCUT2D eigenvalue weighted by Gasteiger charge is -2.40. The third-order valence-electron chi connectivity index (χ3n) is 5.86. The van der Waals surface area contributed by atoms with Crippen molar-refractivity contribution < 1.29 is 18.3 Å². The first-order chi connectivity index (χ1) is 13.5. The number of aliphatic hydroxyl groups excluding tert-OH is 1. The molecule has 0 aliphatic heterocycles. The van der Waals surface area contributed by atoms with Gasteiger partial charge in [0, 0.05) is 27.0 Å². The van der Waals surface area contributed by atoms with Crippen LogP contribution in [0.2, 0.25) is 18.1 Å². The van der Waals surface area contributed by atoms with Gasteiger partial charge in [-0.05, 0) is 64.5 Å². The molecule has 2 atom stereocenters. The van der Waals surface area contributed by atoms with Crippen LogP contribution in [-0.2, 0) is 4.43 Å². The topological polar surface area (TPSA) is 42.6 Å². The van der Waals surface area contributed by atoms with E-state index in [-0.39, 0.29) is 17.3 Å². The van der Waals surface area contributed by atoms with E-state index in [1.54, 1.807) is 12.3 Å². The number of fused-ring (bicyclic) bond motifs is 1. The molecule has 156 valence electrons. The summed E-state index contributed by atoms with van der Waals surface area (Å²) in [6.45, 7) is 10.8. The Labute approximate surface area is 186 Å². The molecule has 3 aromatic rings. The average molecular weight is 526 g/mol. The summed E-state index contributed by atoms with van der Waals surface area (Å²) in [5.41, 5.74) is 1.81. The fraction of sp³-hybridized carbons (Fsp3) is 0.391. The van der Waals surface area contributed by atoms with Crippen molar-refractivity contribution in [2.45, 2.75) is 57.5 Å². The number of rotatable bonds is 6. The Kier molecular flexibility index (Phi) is 6.58. The lowest BCUT2D eigenvalue weighted by Crippen LogP contribution is -2.42. The summed E-state index contributed by atoms with van der Waals surface area (Å²) in [4.78, 5) is 0. The molecular weight excluding hydrogens is 498 g/mol. The molecule has 1 aromatic heterocycles. The number of benzene rings is 2. The minimum atomic E-state index is -2.21. The molecule has 3 nitrogen and oxygen atoms in total. The van der Waals surface area contributed by atoms with E-state index in [4.69, 9.17) is 8.84 Å². The van der Waals surface area contributed by atoms with Gasteiger partial charge in [-0.1, -0.05) is 39.0 Å². The van der Waals surface area contributed by atoms with Gasteiger partial charge in [-0.25, -0.2) is 4.39 Å². The number of hydrogen-bond donors (Lipinski definition) is 1. The second-order valence-corrected chi connectivity index (χ2v) is 14.9. The molecule has 0 saturated heterocycles. The van der Waals surface area contributed by atoms with Gasteiger partial charge in [0.1, 0.15) is 11.4 Å². The summed E-state index contributed by atoms with van der Waals surface area (Å²) >= 11 is 2.22. The quantitative estimate of drug-likeness (QED) is 0.270. The Hall–Kier alpha value is -1.22. The maximum absolute atomic E-state index is 15.0. The monoisotopic (exact) mass is 526 g/mol. The molecule has 1 heterocycles. The highest BCUT2D eigenvalue weighted by Crippen LogP contribution is 2.43. The molecule has 0 fully saturated rings. The van der Waals surface area contributed by atoms with Crippen molar-refractivity contribution in [3.05, 3.63) is 69.2 Å². The smallest absolute Gasteiger partial charge is 0.192 e. The Balaban J connectivity index is 2.01. The van der Waals surface area contributed by atoms with Crippen molar-refractivity contribution in [2.75, 3.05) is 0 Å². The first-order valence-corrected chi connectivity index (χ1v) is 13.8. The van der Waals surface area contributed by atoms with Gasteiger partial charge in [0.15, 0.2) is 8.32 Å². The summed E-state index contributed by atoms with van der Waals surface area (Å²) in [5, 5.41) is 11.8. The van der Waals surface area contributed by atoms with E-state index in [1.165, 1.54) is 6.07 Å². The molecule has 0 bridgehead atoms. The Morgan fingerprint density at radius 2 is 1.83 bits per heavy atom. The second-order valence-electron chi connectivity index (χ2n) is 8.97. The largest absolute Gasteiger partial charge is 0.464 e. The van der Waals surface area contributed by atoms with Crippen LogP contribution in [0.1, 0.15) is 50.5 Å². The van der Waals surface area contributed by atoms with Gasteiger partial charge in [0.05, 0.1) is 18.5 Å². The van der Waals surface area contributed by atoms with Crippen molar-refractivity contribution in [3.63, 3.8) is 0 Å². The second kappa shape index (κ2) is 8.49. The van der Waals surface area contributed by atoms with E-state index in [9.17, 15) is 5.11 Å². The van der Waals surface area contributed by atoms with Crippen LogP contribution in [0.15, 0.2) is 53.1 Å². The standard InChI is InChI=1S/C23H28FIO3Si/c1-23(2,3)29(4,5)28-22(14-20(26)16-8-6-7-9-19(16)25)17-12-15-10-11-27-21(15)13-18(17)24/h6-13,20,22,26H,14H2,1-5H3/t20-,22+/m1/s1.